The molecule has 1 heterocycles. The van der Waals surface area contributed by atoms with E-state index in [1.54, 1.807) is 49.4 Å². The molecular formula is C23H25ClN2O4S. The first kappa shape index (κ1) is 22.0. The van der Waals surface area contributed by atoms with Crippen LogP contribution >= 0.6 is 11.6 Å². The molecule has 1 saturated carbocycles. The summed E-state index contributed by atoms with van der Waals surface area (Å²) in [6.07, 6.45) is 3.46. The van der Waals surface area contributed by atoms with Gasteiger partial charge < -0.3 is 0 Å². The SMILES string of the molecule is Cc1ccc(CN2C(=O)[C@@H]3CCCC[C@H]3C2=O)cc1S(=O)(=O)NCc1ccc(Cl)cc1. The molecule has 0 unspecified atom stereocenters. The molecule has 2 amide bonds. The molecule has 4 rings (SSSR count). The Labute approximate surface area is 187 Å². The topological polar surface area (TPSA) is 83.6 Å². The van der Waals surface area contributed by atoms with E-state index < -0.39 is 10.0 Å². The van der Waals surface area contributed by atoms with Gasteiger partial charge in [0.2, 0.25) is 21.8 Å². The molecule has 1 aliphatic heterocycles. The molecule has 2 aromatic carbocycles. The van der Waals surface area contributed by atoms with Gasteiger partial charge in [0, 0.05) is 11.6 Å². The van der Waals surface area contributed by atoms with E-state index in [4.69, 9.17) is 11.6 Å². The fourth-order valence-corrected chi connectivity index (χ4v) is 5.90. The minimum atomic E-state index is -3.77. The number of hydrogen-bond acceptors (Lipinski definition) is 4. The summed E-state index contributed by atoms with van der Waals surface area (Å²) in [6.45, 7) is 1.96. The summed E-state index contributed by atoms with van der Waals surface area (Å²) >= 11 is 5.88. The predicted octanol–water partition coefficient (Wildman–Crippen LogP) is 3.80. The van der Waals surface area contributed by atoms with Crippen LogP contribution in [0.3, 0.4) is 0 Å². The first-order chi connectivity index (χ1) is 14.8. The third kappa shape index (κ3) is 4.54. The van der Waals surface area contributed by atoms with Crippen LogP contribution in [-0.4, -0.2) is 25.1 Å². The standard InChI is InChI=1S/C23H25ClN2O4S/c1-15-6-7-17(14-26-22(27)19-4-2-3-5-20(19)23(26)28)12-21(15)31(29,30)25-13-16-8-10-18(24)11-9-16/h6-12,19-20,25H,2-5,13-14H2,1H3/t19-,20-/m1/s1. The molecule has 164 valence electrons. The van der Waals surface area contributed by atoms with Gasteiger partial charge in [0.25, 0.3) is 0 Å². The minimum absolute atomic E-state index is 0.102. The van der Waals surface area contributed by atoms with Crippen molar-refractivity contribution in [1.29, 1.82) is 0 Å². The number of likely N-dealkylation sites (tertiary alicyclic amines) is 1. The largest absolute Gasteiger partial charge is 0.278 e. The third-order valence-corrected chi connectivity index (χ3v) is 7.99. The molecule has 0 bridgehead atoms. The molecule has 0 radical (unpaired) electrons. The Balaban J connectivity index is 1.52. The quantitative estimate of drug-likeness (QED) is 0.664. The van der Waals surface area contributed by atoms with Crippen LogP contribution in [0.5, 0.6) is 0 Å². The predicted molar refractivity (Wildman–Crippen MR) is 118 cm³/mol. The fraction of sp³-hybridized carbons (Fsp3) is 0.391. The molecule has 2 aliphatic rings. The van der Waals surface area contributed by atoms with E-state index in [0.29, 0.717) is 16.1 Å². The second kappa shape index (κ2) is 8.73. The second-order valence-electron chi connectivity index (χ2n) is 8.31. The summed E-state index contributed by atoms with van der Waals surface area (Å²) in [7, 11) is -3.77. The highest BCUT2D eigenvalue weighted by atomic mass is 35.5. The summed E-state index contributed by atoms with van der Waals surface area (Å²) in [5.74, 6) is -0.673. The number of carbonyl (C=O) groups excluding carboxylic acids is 2. The Morgan fingerprint density at radius 2 is 1.55 bits per heavy atom. The van der Waals surface area contributed by atoms with E-state index in [-0.39, 0.29) is 41.6 Å². The second-order valence-corrected chi connectivity index (χ2v) is 10.5. The van der Waals surface area contributed by atoms with Crippen LogP contribution in [0.1, 0.15) is 42.4 Å². The van der Waals surface area contributed by atoms with Gasteiger partial charge in [-0.05, 0) is 54.7 Å². The first-order valence-corrected chi connectivity index (χ1v) is 12.3. The van der Waals surface area contributed by atoms with Gasteiger partial charge in [-0.25, -0.2) is 13.1 Å². The Morgan fingerprint density at radius 1 is 0.968 bits per heavy atom. The summed E-state index contributed by atoms with van der Waals surface area (Å²) in [5, 5.41) is 0.584. The van der Waals surface area contributed by atoms with Crippen LogP contribution in [0.15, 0.2) is 47.4 Å². The van der Waals surface area contributed by atoms with Crippen molar-refractivity contribution >= 4 is 33.4 Å². The van der Waals surface area contributed by atoms with Crippen molar-refractivity contribution in [3.8, 4) is 0 Å². The number of nitrogens with zero attached hydrogens (tertiary/aromatic N) is 1. The van der Waals surface area contributed by atoms with E-state index in [1.807, 2.05) is 0 Å². The van der Waals surface area contributed by atoms with E-state index >= 15 is 0 Å². The maximum atomic E-state index is 12.9. The average Bonchev–Trinajstić information content (AvgIpc) is 2.99. The summed E-state index contributed by atoms with van der Waals surface area (Å²) in [6, 6.07) is 12.0. The van der Waals surface area contributed by atoms with Crippen LogP contribution in [0, 0.1) is 18.8 Å². The number of rotatable bonds is 6. The molecule has 6 nitrogen and oxygen atoms in total. The van der Waals surface area contributed by atoms with E-state index in [1.165, 1.54) is 4.90 Å². The van der Waals surface area contributed by atoms with Gasteiger partial charge in [-0.15, -0.1) is 0 Å². The molecule has 2 aromatic rings. The van der Waals surface area contributed by atoms with Crippen LogP contribution < -0.4 is 4.72 Å². The highest BCUT2D eigenvalue weighted by molar-refractivity contribution is 7.89. The Bertz CT molecular complexity index is 1090. The van der Waals surface area contributed by atoms with Gasteiger partial charge in [-0.1, -0.05) is 48.7 Å². The lowest BCUT2D eigenvalue weighted by Crippen LogP contribution is -2.30. The number of halogens is 1. The van der Waals surface area contributed by atoms with Crippen molar-refractivity contribution in [2.75, 3.05) is 0 Å². The number of imide groups is 1. The average molecular weight is 461 g/mol. The van der Waals surface area contributed by atoms with Gasteiger partial charge in [0.05, 0.1) is 23.3 Å². The monoisotopic (exact) mass is 460 g/mol. The lowest BCUT2D eigenvalue weighted by Gasteiger charge is -2.19. The number of carbonyl (C=O) groups is 2. The molecule has 31 heavy (non-hydrogen) atoms. The Hall–Kier alpha value is -2.22. The van der Waals surface area contributed by atoms with Crippen molar-refractivity contribution in [1.82, 2.24) is 9.62 Å². The molecule has 8 heteroatoms. The summed E-state index contributed by atoms with van der Waals surface area (Å²) < 4.78 is 28.5. The van der Waals surface area contributed by atoms with Crippen LogP contribution in [0.2, 0.25) is 5.02 Å². The zero-order valence-corrected chi connectivity index (χ0v) is 18.9. The van der Waals surface area contributed by atoms with E-state index in [9.17, 15) is 18.0 Å². The van der Waals surface area contributed by atoms with E-state index in [0.717, 1.165) is 31.2 Å². The van der Waals surface area contributed by atoms with Gasteiger partial charge in [0.15, 0.2) is 0 Å². The summed E-state index contributed by atoms with van der Waals surface area (Å²) in [4.78, 5) is 27.0. The van der Waals surface area contributed by atoms with Crippen LogP contribution in [-0.2, 0) is 32.7 Å². The molecule has 2 fully saturated rings. The highest BCUT2D eigenvalue weighted by Crippen LogP contribution is 2.38. The normalized spacial score (nSPS) is 21.4. The highest BCUT2D eigenvalue weighted by Gasteiger charge is 2.47. The molecule has 2 atom stereocenters. The molecule has 0 aromatic heterocycles. The van der Waals surface area contributed by atoms with Gasteiger partial charge in [-0.3, -0.25) is 14.5 Å². The van der Waals surface area contributed by atoms with E-state index in [2.05, 4.69) is 4.72 Å². The number of benzene rings is 2. The minimum Gasteiger partial charge on any atom is -0.278 e. The maximum Gasteiger partial charge on any atom is 0.241 e. The number of sulfonamides is 1. The third-order valence-electron chi connectivity index (χ3n) is 6.19. The molecule has 1 saturated heterocycles. The van der Waals surface area contributed by atoms with Crippen molar-refractivity contribution < 1.29 is 18.0 Å². The summed E-state index contributed by atoms with van der Waals surface area (Å²) in [5.41, 5.74) is 2.01. The number of amides is 2. The number of fused-ring (bicyclic) bond motifs is 1. The van der Waals surface area contributed by atoms with Gasteiger partial charge in [0.1, 0.15) is 0 Å². The molecular weight excluding hydrogens is 436 g/mol. The lowest BCUT2D eigenvalue weighted by atomic mass is 9.81. The van der Waals surface area contributed by atoms with Crippen molar-refractivity contribution in [2.24, 2.45) is 11.8 Å². The van der Waals surface area contributed by atoms with Crippen LogP contribution in [0.25, 0.3) is 0 Å². The first-order valence-electron chi connectivity index (χ1n) is 10.4. The molecule has 1 aliphatic carbocycles. The zero-order valence-electron chi connectivity index (χ0n) is 17.3. The smallest absolute Gasteiger partial charge is 0.241 e. The molecule has 0 spiro atoms. The lowest BCUT2D eigenvalue weighted by molar-refractivity contribution is -0.140. The van der Waals surface area contributed by atoms with Gasteiger partial charge >= 0.3 is 0 Å². The number of aryl methyl sites for hydroxylation is 1. The van der Waals surface area contributed by atoms with Crippen molar-refractivity contribution in [2.45, 2.75) is 50.6 Å². The van der Waals surface area contributed by atoms with Gasteiger partial charge in [-0.2, -0.15) is 0 Å². The van der Waals surface area contributed by atoms with Crippen molar-refractivity contribution in [3.63, 3.8) is 0 Å². The fourth-order valence-electron chi connectivity index (χ4n) is 4.46. The number of nitrogens with one attached hydrogen (secondary N) is 1. The van der Waals surface area contributed by atoms with Crippen molar-refractivity contribution in [3.05, 3.63) is 64.2 Å². The molecule has 1 N–H and O–H groups in total. The maximum absolute atomic E-state index is 12.9. The Morgan fingerprint density at radius 3 is 2.16 bits per heavy atom. The van der Waals surface area contributed by atoms with Crippen LogP contribution in [0.4, 0.5) is 0 Å². The number of hydrogen-bond donors (Lipinski definition) is 1. The zero-order chi connectivity index (χ0) is 22.2. The Kier molecular flexibility index (Phi) is 6.19.